The zero-order chi connectivity index (χ0) is 11.6. The lowest BCUT2D eigenvalue weighted by molar-refractivity contribution is -0.115. The minimum Gasteiger partial charge on any atom is -0.303 e. The fourth-order valence-electron chi connectivity index (χ4n) is 2.97. The van der Waals surface area contributed by atoms with Gasteiger partial charge in [-0.25, -0.2) is 0 Å². The van der Waals surface area contributed by atoms with E-state index in [1.807, 2.05) is 13.8 Å². The SMILES string of the molecule is CC(C)(C=O)CN1CCC(N2CCCC2)C1. The maximum absolute atomic E-state index is 10.9. The third kappa shape index (κ3) is 2.83. The number of nitrogens with zero attached hydrogens (tertiary/aromatic N) is 2. The zero-order valence-corrected chi connectivity index (χ0v) is 10.6. The summed E-state index contributed by atoms with van der Waals surface area (Å²) >= 11 is 0. The third-order valence-corrected chi connectivity index (χ3v) is 3.85. The summed E-state index contributed by atoms with van der Waals surface area (Å²) in [7, 11) is 0. The Labute approximate surface area is 98.8 Å². The van der Waals surface area contributed by atoms with Crippen molar-refractivity contribution >= 4 is 6.29 Å². The van der Waals surface area contributed by atoms with Crippen molar-refractivity contribution in [3.05, 3.63) is 0 Å². The van der Waals surface area contributed by atoms with Crippen LogP contribution in [0.1, 0.15) is 33.1 Å². The van der Waals surface area contributed by atoms with Gasteiger partial charge < -0.3 is 9.69 Å². The van der Waals surface area contributed by atoms with Gasteiger partial charge in [-0.1, -0.05) is 13.8 Å². The molecular weight excluding hydrogens is 200 g/mol. The van der Waals surface area contributed by atoms with Crippen molar-refractivity contribution in [3.8, 4) is 0 Å². The highest BCUT2D eigenvalue weighted by Crippen LogP contribution is 2.23. The van der Waals surface area contributed by atoms with Crippen molar-refractivity contribution in [1.82, 2.24) is 9.80 Å². The summed E-state index contributed by atoms with van der Waals surface area (Å²) < 4.78 is 0. The van der Waals surface area contributed by atoms with Crippen LogP contribution in [0.4, 0.5) is 0 Å². The van der Waals surface area contributed by atoms with Gasteiger partial charge in [-0.15, -0.1) is 0 Å². The number of likely N-dealkylation sites (tertiary alicyclic amines) is 2. The molecule has 2 fully saturated rings. The van der Waals surface area contributed by atoms with Crippen molar-refractivity contribution in [1.29, 1.82) is 0 Å². The molecule has 1 atom stereocenters. The van der Waals surface area contributed by atoms with Gasteiger partial charge in [0.2, 0.25) is 0 Å². The van der Waals surface area contributed by atoms with Crippen LogP contribution in [0.3, 0.4) is 0 Å². The predicted octanol–water partition coefficient (Wildman–Crippen LogP) is 1.38. The van der Waals surface area contributed by atoms with Crippen LogP contribution >= 0.6 is 0 Å². The van der Waals surface area contributed by atoms with Crippen molar-refractivity contribution in [2.45, 2.75) is 39.2 Å². The van der Waals surface area contributed by atoms with E-state index in [-0.39, 0.29) is 5.41 Å². The Bertz CT molecular complexity index is 246. The standard InChI is InChI=1S/C13H24N2O/c1-13(2,11-16)10-14-8-5-12(9-14)15-6-3-4-7-15/h11-12H,3-10H2,1-2H3. The number of rotatable bonds is 4. The summed E-state index contributed by atoms with van der Waals surface area (Å²) in [5.74, 6) is 0. The van der Waals surface area contributed by atoms with Gasteiger partial charge in [0, 0.05) is 24.5 Å². The molecule has 0 radical (unpaired) electrons. The van der Waals surface area contributed by atoms with Gasteiger partial charge in [-0.2, -0.15) is 0 Å². The average Bonchev–Trinajstić information content (AvgIpc) is 2.86. The van der Waals surface area contributed by atoms with Crippen LogP contribution in [-0.4, -0.2) is 54.9 Å². The highest BCUT2D eigenvalue weighted by Gasteiger charge is 2.31. The molecule has 2 rings (SSSR count). The van der Waals surface area contributed by atoms with Crippen LogP contribution in [0.15, 0.2) is 0 Å². The minimum atomic E-state index is -0.181. The van der Waals surface area contributed by atoms with E-state index < -0.39 is 0 Å². The van der Waals surface area contributed by atoms with E-state index in [1.54, 1.807) is 0 Å². The van der Waals surface area contributed by atoms with Gasteiger partial charge in [0.1, 0.15) is 6.29 Å². The van der Waals surface area contributed by atoms with E-state index in [0.29, 0.717) is 0 Å². The number of carbonyl (C=O) groups excluding carboxylic acids is 1. The summed E-state index contributed by atoms with van der Waals surface area (Å²) in [6, 6.07) is 0.755. The molecule has 0 amide bonds. The zero-order valence-electron chi connectivity index (χ0n) is 10.6. The summed E-state index contributed by atoms with van der Waals surface area (Å²) in [4.78, 5) is 16.0. The first-order valence-electron chi connectivity index (χ1n) is 6.53. The van der Waals surface area contributed by atoms with Gasteiger partial charge >= 0.3 is 0 Å². The quantitative estimate of drug-likeness (QED) is 0.674. The molecule has 0 aliphatic carbocycles. The molecule has 2 aliphatic rings. The van der Waals surface area contributed by atoms with E-state index >= 15 is 0 Å². The van der Waals surface area contributed by atoms with E-state index in [2.05, 4.69) is 9.80 Å². The van der Waals surface area contributed by atoms with E-state index in [0.717, 1.165) is 25.4 Å². The smallest absolute Gasteiger partial charge is 0.126 e. The molecule has 0 aromatic rings. The van der Waals surface area contributed by atoms with Crippen LogP contribution < -0.4 is 0 Å². The van der Waals surface area contributed by atoms with Crippen LogP contribution in [0, 0.1) is 5.41 Å². The molecule has 2 saturated heterocycles. The van der Waals surface area contributed by atoms with Crippen LogP contribution in [0.2, 0.25) is 0 Å². The summed E-state index contributed by atoms with van der Waals surface area (Å²) in [6.45, 7) is 9.88. The Hall–Kier alpha value is -0.410. The molecule has 0 N–H and O–H groups in total. The molecule has 92 valence electrons. The summed E-state index contributed by atoms with van der Waals surface area (Å²) in [6.07, 6.45) is 5.12. The van der Waals surface area contributed by atoms with Crippen molar-refractivity contribution in [2.75, 3.05) is 32.7 Å². The first-order valence-corrected chi connectivity index (χ1v) is 6.53. The van der Waals surface area contributed by atoms with E-state index in [4.69, 9.17) is 0 Å². The number of carbonyl (C=O) groups is 1. The molecule has 0 aromatic heterocycles. The molecule has 0 bridgehead atoms. The number of aldehydes is 1. The first kappa shape index (κ1) is 12.1. The highest BCUT2D eigenvalue weighted by molar-refractivity contribution is 5.58. The molecular formula is C13H24N2O. The lowest BCUT2D eigenvalue weighted by Gasteiger charge is -2.27. The molecule has 2 aliphatic heterocycles. The fraction of sp³-hybridized carbons (Fsp3) is 0.923. The molecule has 1 unspecified atom stereocenters. The Morgan fingerprint density at radius 3 is 2.56 bits per heavy atom. The van der Waals surface area contributed by atoms with Gasteiger partial charge in [0.05, 0.1) is 0 Å². The fourth-order valence-corrected chi connectivity index (χ4v) is 2.97. The molecule has 3 nitrogen and oxygen atoms in total. The van der Waals surface area contributed by atoms with Gasteiger partial charge in [-0.05, 0) is 38.9 Å². The van der Waals surface area contributed by atoms with Crippen molar-refractivity contribution in [3.63, 3.8) is 0 Å². The maximum atomic E-state index is 10.9. The monoisotopic (exact) mass is 224 g/mol. The second-order valence-electron chi connectivity index (χ2n) is 6.03. The second kappa shape index (κ2) is 4.84. The molecule has 2 heterocycles. The van der Waals surface area contributed by atoms with E-state index in [9.17, 15) is 4.79 Å². The van der Waals surface area contributed by atoms with Crippen LogP contribution in [-0.2, 0) is 4.79 Å². The van der Waals surface area contributed by atoms with Gasteiger partial charge in [0.15, 0.2) is 0 Å². The topological polar surface area (TPSA) is 23.6 Å². The Morgan fingerprint density at radius 1 is 1.25 bits per heavy atom. The molecule has 0 aromatic carbocycles. The largest absolute Gasteiger partial charge is 0.303 e. The maximum Gasteiger partial charge on any atom is 0.126 e. The highest BCUT2D eigenvalue weighted by atomic mass is 16.1. The van der Waals surface area contributed by atoms with Crippen LogP contribution in [0.5, 0.6) is 0 Å². The summed E-state index contributed by atoms with van der Waals surface area (Å²) in [5.41, 5.74) is -0.181. The Morgan fingerprint density at radius 2 is 1.94 bits per heavy atom. The molecule has 0 saturated carbocycles. The number of hydrogen-bond acceptors (Lipinski definition) is 3. The summed E-state index contributed by atoms with van der Waals surface area (Å²) in [5, 5.41) is 0. The Kier molecular flexibility index (Phi) is 3.65. The van der Waals surface area contributed by atoms with Crippen molar-refractivity contribution in [2.24, 2.45) is 5.41 Å². The molecule has 0 spiro atoms. The van der Waals surface area contributed by atoms with E-state index in [1.165, 1.54) is 38.9 Å². The predicted molar refractivity (Wildman–Crippen MR) is 65.5 cm³/mol. The lowest BCUT2D eigenvalue weighted by Crippen LogP contribution is -2.38. The van der Waals surface area contributed by atoms with Gasteiger partial charge in [-0.3, -0.25) is 4.90 Å². The van der Waals surface area contributed by atoms with Crippen molar-refractivity contribution < 1.29 is 4.79 Å². The Balaban J connectivity index is 1.81. The normalized spacial score (nSPS) is 28.8. The number of hydrogen-bond donors (Lipinski definition) is 0. The first-order chi connectivity index (χ1) is 7.61. The third-order valence-electron chi connectivity index (χ3n) is 3.85. The average molecular weight is 224 g/mol. The molecule has 3 heteroatoms. The van der Waals surface area contributed by atoms with Gasteiger partial charge in [0.25, 0.3) is 0 Å². The lowest BCUT2D eigenvalue weighted by atomic mass is 9.95. The minimum absolute atomic E-state index is 0.181. The van der Waals surface area contributed by atoms with Crippen LogP contribution in [0.25, 0.3) is 0 Å². The second-order valence-corrected chi connectivity index (χ2v) is 6.03. The molecule has 16 heavy (non-hydrogen) atoms.